The van der Waals surface area contributed by atoms with Crippen molar-refractivity contribution < 1.29 is 13.2 Å². The summed E-state index contributed by atoms with van der Waals surface area (Å²) in [5, 5.41) is 0. The number of rotatable bonds is 4. The monoisotopic (exact) mass is 362 g/mol. The van der Waals surface area contributed by atoms with Crippen molar-refractivity contribution in [3.05, 3.63) is 60.2 Å². The van der Waals surface area contributed by atoms with Crippen molar-refractivity contribution in [2.45, 2.75) is 63.5 Å². The van der Waals surface area contributed by atoms with E-state index in [0.29, 0.717) is 11.8 Å². The van der Waals surface area contributed by atoms with Crippen molar-refractivity contribution >= 4 is 0 Å². The zero-order valence-corrected chi connectivity index (χ0v) is 15.3. The number of halogens is 3. The number of hydrogen-bond donors (Lipinski definition) is 0. The molecule has 1 aromatic rings. The summed E-state index contributed by atoms with van der Waals surface area (Å²) >= 11 is 0. The number of hydrogen-bond acceptors (Lipinski definition) is 0. The molecular formula is C23H29F3. The molecule has 0 atom stereocenters. The minimum atomic E-state index is -4.24. The zero-order valence-electron chi connectivity index (χ0n) is 15.3. The highest BCUT2D eigenvalue weighted by Crippen LogP contribution is 2.44. The summed E-state index contributed by atoms with van der Waals surface area (Å²) in [5.41, 5.74) is 0.534. The first-order chi connectivity index (χ1) is 12.5. The molecule has 0 radical (unpaired) electrons. The summed E-state index contributed by atoms with van der Waals surface area (Å²) in [6, 6.07) is 5.84. The second kappa shape index (κ2) is 8.45. The fourth-order valence-corrected chi connectivity index (χ4v) is 4.91. The van der Waals surface area contributed by atoms with E-state index >= 15 is 0 Å². The van der Waals surface area contributed by atoms with Crippen molar-refractivity contribution in [3.63, 3.8) is 0 Å². The van der Waals surface area contributed by atoms with Crippen molar-refractivity contribution in [3.8, 4) is 0 Å². The maximum Gasteiger partial charge on any atom is 0.416 e. The van der Waals surface area contributed by atoms with E-state index in [9.17, 15) is 13.2 Å². The van der Waals surface area contributed by atoms with Crippen LogP contribution >= 0.6 is 0 Å². The van der Waals surface area contributed by atoms with Crippen LogP contribution in [0.15, 0.2) is 49.1 Å². The number of benzene rings is 1. The molecule has 142 valence electrons. The largest absolute Gasteiger partial charge is 0.416 e. The third-order valence-electron chi connectivity index (χ3n) is 6.48. The summed E-state index contributed by atoms with van der Waals surface area (Å²) in [7, 11) is 0. The van der Waals surface area contributed by atoms with Gasteiger partial charge >= 0.3 is 6.18 Å². The second-order valence-electron chi connectivity index (χ2n) is 8.03. The van der Waals surface area contributed by atoms with Gasteiger partial charge in [0.2, 0.25) is 0 Å². The zero-order chi connectivity index (χ0) is 18.6. The Morgan fingerprint density at radius 1 is 0.808 bits per heavy atom. The van der Waals surface area contributed by atoms with E-state index in [4.69, 9.17) is 0 Å². The van der Waals surface area contributed by atoms with Crippen LogP contribution in [0.2, 0.25) is 0 Å². The van der Waals surface area contributed by atoms with Gasteiger partial charge in [-0.05, 0) is 92.7 Å². The van der Waals surface area contributed by atoms with Gasteiger partial charge in [0.1, 0.15) is 0 Å². The van der Waals surface area contributed by atoms with Gasteiger partial charge in [-0.25, -0.2) is 0 Å². The Bertz CT molecular complexity index is 595. The van der Waals surface area contributed by atoms with E-state index in [-0.39, 0.29) is 0 Å². The lowest BCUT2D eigenvalue weighted by Crippen LogP contribution is -2.25. The maximum atomic E-state index is 12.7. The molecule has 0 spiro atoms. The van der Waals surface area contributed by atoms with E-state index in [0.717, 1.165) is 30.2 Å². The third kappa shape index (κ3) is 4.81. The molecular weight excluding hydrogens is 333 g/mol. The fourth-order valence-electron chi connectivity index (χ4n) is 4.91. The lowest BCUT2D eigenvalue weighted by Gasteiger charge is -2.37. The standard InChI is InChI=1S/C23H29F3/c1-2-3-4-17-5-7-18(8-6-17)19-9-11-20(12-10-19)21-13-15-22(16-14-21)23(24,25)26/h2-4,13-20H,1,5-12H2/b4-3+. The summed E-state index contributed by atoms with van der Waals surface area (Å²) in [5.74, 6) is 2.80. The average molecular weight is 362 g/mol. The Morgan fingerprint density at radius 3 is 1.85 bits per heavy atom. The minimum absolute atomic E-state index is 0.431. The van der Waals surface area contributed by atoms with Gasteiger partial charge in [-0.3, -0.25) is 0 Å². The Balaban J connectivity index is 1.49. The molecule has 0 amide bonds. The summed E-state index contributed by atoms with van der Waals surface area (Å²) in [6.45, 7) is 3.74. The molecule has 2 aliphatic carbocycles. The highest BCUT2D eigenvalue weighted by molar-refractivity contribution is 5.27. The van der Waals surface area contributed by atoms with Crippen LogP contribution in [0.4, 0.5) is 13.2 Å². The second-order valence-corrected chi connectivity index (χ2v) is 8.03. The Morgan fingerprint density at radius 2 is 1.35 bits per heavy atom. The quantitative estimate of drug-likeness (QED) is 0.486. The topological polar surface area (TPSA) is 0 Å². The predicted molar refractivity (Wildman–Crippen MR) is 101 cm³/mol. The molecule has 0 heterocycles. The molecule has 0 saturated heterocycles. The van der Waals surface area contributed by atoms with Gasteiger partial charge in [0.25, 0.3) is 0 Å². The first kappa shape index (κ1) is 19.3. The highest BCUT2D eigenvalue weighted by Gasteiger charge is 2.32. The fraction of sp³-hybridized carbons (Fsp3) is 0.565. The summed E-state index contributed by atoms with van der Waals surface area (Å²) in [4.78, 5) is 0. The normalized spacial score (nSPS) is 30.4. The molecule has 3 rings (SSSR count). The Labute approximate surface area is 155 Å². The van der Waals surface area contributed by atoms with Crippen LogP contribution in [0.25, 0.3) is 0 Å². The van der Waals surface area contributed by atoms with Crippen LogP contribution in [0, 0.1) is 17.8 Å². The molecule has 0 bridgehead atoms. The lowest BCUT2D eigenvalue weighted by atomic mass is 9.68. The van der Waals surface area contributed by atoms with Crippen LogP contribution in [0.3, 0.4) is 0 Å². The third-order valence-corrected chi connectivity index (χ3v) is 6.48. The minimum Gasteiger partial charge on any atom is -0.166 e. The molecule has 0 N–H and O–H groups in total. The van der Waals surface area contributed by atoms with Gasteiger partial charge < -0.3 is 0 Å². The molecule has 2 fully saturated rings. The molecule has 2 saturated carbocycles. The molecule has 0 aromatic heterocycles. The molecule has 0 nitrogen and oxygen atoms in total. The van der Waals surface area contributed by atoms with Gasteiger partial charge in [-0.15, -0.1) is 0 Å². The first-order valence-corrected chi connectivity index (χ1v) is 9.93. The molecule has 0 unspecified atom stereocenters. The summed E-state index contributed by atoms with van der Waals surface area (Å²) < 4.78 is 38.1. The number of allylic oxidation sites excluding steroid dienone is 3. The molecule has 0 aliphatic heterocycles. The predicted octanol–water partition coefficient (Wildman–Crippen LogP) is 7.53. The van der Waals surface area contributed by atoms with Crippen molar-refractivity contribution in [1.82, 2.24) is 0 Å². The van der Waals surface area contributed by atoms with Gasteiger partial charge in [0.05, 0.1) is 5.56 Å². The van der Waals surface area contributed by atoms with Crippen molar-refractivity contribution in [2.75, 3.05) is 0 Å². The van der Waals surface area contributed by atoms with Gasteiger partial charge in [0, 0.05) is 0 Å². The van der Waals surface area contributed by atoms with E-state index in [1.165, 1.54) is 50.7 Å². The van der Waals surface area contributed by atoms with E-state index in [1.807, 2.05) is 6.08 Å². The lowest BCUT2D eigenvalue weighted by molar-refractivity contribution is -0.137. The Kier molecular flexibility index (Phi) is 6.26. The van der Waals surface area contributed by atoms with Crippen LogP contribution in [0.5, 0.6) is 0 Å². The molecule has 26 heavy (non-hydrogen) atoms. The smallest absolute Gasteiger partial charge is 0.166 e. The van der Waals surface area contributed by atoms with Crippen molar-refractivity contribution in [1.29, 1.82) is 0 Å². The van der Waals surface area contributed by atoms with E-state index in [2.05, 4.69) is 18.7 Å². The molecule has 2 aliphatic rings. The average Bonchev–Trinajstić information content (AvgIpc) is 2.66. The molecule has 1 aromatic carbocycles. The van der Waals surface area contributed by atoms with Crippen LogP contribution in [-0.2, 0) is 6.18 Å². The van der Waals surface area contributed by atoms with Crippen LogP contribution in [0.1, 0.15) is 68.4 Å². The number of alkyl halides is 3. The molecule has 3 heteroatoms. The first-order valence-electron chi connectivity index (χ1n) is 9.93. The SMILES string of the molecule is C=C/C=C/C1CCC(C2CCC(c3ccc(C(F)(F)F)cc3)CC2)CC1. The summed E-state index contributed by atoms with van der Waals surface area (Å²) in [6.07, 6.45) is 11.9. The van der Waals surface area contributed by atoms with Crippen LogP contribution < -0.4 is 0 Å². The maximum absolute atomic E-state index is 12.7. The van der Waals surface area contributed by atoms with E-state index in [1.54, 1.807) is 12.1 Å². The van der Waals surface area contributed by atoms with Crippen molar-refractivity contribution in [2.24, 2.45) is 17.8 Å². The van der Waals surface area contributed by atoms with Gasteiger partial charge in [0.15, 0.2) is 0 Å². The highest BCUT2D eigenvalue weighted by atomic mass is 19.4. The van der Waals surface area contributed by atoms with Gasteiger partial charge in [-0.2, -0.15) is 13.2 Å². The Hall–Kier alpha value is -1.51. The van der Waals surface area contributed by atoms with E-state index < -0.39 is 11.7 Å². The van der Waals surface area contributed by atoms with Crippen LogP contribution in [-0.4, -0.2) is 0 Å². The van der Waals surface area contributed by atoms with Gasteiger partial charge in [-0.1, -0.05) is 36.9 Å².